The summed E-state index contributed by atoms with van der Waals surface area (Å²) in [5, 5.41) is 0. The third-order valence-corrected chi connectivity index (χ3v) is 4.97. The van der Waals surface area contributed by atoms with Crippen LogP contribution in [0.25, 0.3) is 0 Å². The van der Waals surface area contributed by atoms with Gasteiger partial charge in [-0.25, -0.2) is 0 Å². The van der Waals surface area contributed by atoms with Gasteiger partial charge in [0.1, 0.15) is 0 Å². The Kier molecular flexibility index (Phi) is 8.39. The van der Waals surface area contributed by atoms with Gasteiger partial charge in [0.05, 0.1) is 0 Å². The molecule has 0 saturated heterocycles. The highest BCUT2D eigenvalue weighted by Gasteiger charge is 2.78. The summed E-state index contributed by atoms with van der Waals surface area (Å²) in [6, 6.07) is -3.37. The van der Waals surface area contributed by atoms with Crippen molar-refractivity contribution in [1.29, 1.82) is 0 Å². The lowest BCUT2D eigenvalue weighted by Gasteiger charge is -2.35. The monoisotopic (exact) mass is 623 g/mol. The van der Waals surface area contributed by atoms with Gasteiger partial charge in [0.25, 0.3) is 0 Å². The zero-order valence-electron chi connectivity index (χ0n) is 17.7. The van der Waals surface area contributed by atoms with Crippen LogP contribution in [0.1, 0.15) is 28.7 Å². The van der Waals surface area contributed by atoms with Gasteiger partial charge in [0.2, 0.25) is 0 Å². The van der Waals surface area contributed by atoms with E-state index in [-0.39, 0.29) is 0 Å². The number of hydrogen-bond donors (Lipinski definition) is 0. The molecule has 1 aromatic carbocycles. The number of hydrogen-bond acceptors (Lipinski definition) is 0. The van der Waals surface area contributed by atoms with Gasteiger partial charge in [0.15, 0.2) is 0 Å². The van der Waals surface area contributed by atoms with Crippen molar-refractivity contribution in [3.63, 3.8) is 0 Å². The molecule has 0 fully saturated rings. The van der Waals surface area contributed by atoms with Gasteiger partial charge in [-0.1, -0.05) is 6.92 Å². The molecule has 0 unspecified atom stereocenters. The highest BCUT2D eigenvalue weighted by Crippen LogP contribution is 2.59. The number of rotatable bonds is 8. The predicted molar refractivity (Wildman–Crippen MR) is 84.8 cm³/mol. The summed E-state index contributed by atoms with van der Waals surface area (Å²) < 4.78 is 280. The van der Waals surface area contributed by atoms with Crippen LogP contribution in [0.5, 0.6) is 0 Å². The molecule has 0 bridgehead atoms. The fraction of sp³-hybridized carbons (Fsp3) is 0.611. The van der Waals surface area contributed by atoms with E-state index in [2.05, 4.69) is 6.92 Å². The molecule has 0 amide bonds. The van der Waals surface area contributed by atoms with Crippen molar-refractivity contribution >= 4 is 0 Å². The van der Waals surface area contributed by atoms with Crippen molar-refractivity contribution in [2.24, 2.45) is 0 Å². The Morgan fingerprint density at radius 3 is 0.923 bits per heavy atom. The first-order valence-corrected chi connectivity index (χ1v) is 9.23. The van der Waals surface area contributed by atoms with Crippen LogP contribution >= 0.6 is 0 Å². The average Bonchev–Trinajstić information content (AvgIpc) is 2.70. The Balaban J connectivity index is 4.51. The third kappa shape index (κ3) is 5.17. The number of halogens is 21. The van der Waals surface area contributed by atoms with Gasteiger partial charge in [-0.2, -0.15) is 92.2 Å². The SMILES string of the molecule is [CH2]CCc1c(C(F)(F)C(F)(F)C(F)(F)F)cc(C(F)(F)C(F)(F)C(F)(F)F)cc1C(F)(F)C(F)(F)C(F)(F)F. The summed E-state index contributed by atoms with van der Waals surface area (Å²) in [4.78, 5) is 0. The van der Waals surface area contributed by atoms with Gasteiger partial charge >= 0.3 is 54.1 Å². The van der Waals surface area contributed by atoms with E-state index < -0.39 is 101 Å². The molecular weight excluding hydrogens is 615 g/mol. The molecule has 1 radical (unpaired) electrons. The molecule has 0 N–H and O–H groups in total. The van der Waals surface area contributed by atoms with E-state index in [1.165, 1.54) is 0 Å². The molecule has 0 atom stereocenters. The van der Waals surface area contributed by atoms with Crippen molar-refractivity contribution in [2.75, 3.05) is 0 Å². The first-order chi connectivity index (χ1) is 16.8. The minimum atomic E-state index is -7.57. The fourth-order valence-electron chi connectivity index (χ4n) is 2.91. The maximum absolute atomic E-state index is 14.4. The van der Waals surface area contributed by atoms with E-state index in [9.17, 15) is 92.2 Å². The number of benzene rings is 1. The lowest BCUT2D eigenvalue weighted by molar-refractivity contribution is -0.362. The van der Waals surface area contributed by atoms with Crippen molar-refractivity contribution in [2.45, 2.75) is 66.9 Å². The van der Waals surface area contributed by atoms with E-state index in [1.807, 2.05) is 0 Å². The molecule has 1 rings (SSSR count). The Morgan fingerprint density at radius 2 is 0.692 bits per heavy atom. The van der Waals surface area contributed by atoms with Crippen LogP contribution in [-0.4, -0.2) is 36.3 Å². The second kappa shape index (κ2) is 9.41. The van der Waals surface area contributed by atoms with Crippen molar-refractivity contribution in [3.05, 3.63) is 41.3 Å². The molecule has 0 nitrogen and oxygen atoms in total. The molecule has 0 saturated carbocycles. The average molecular weight is 623 g/mol. The minimum Gasteiger partial charge on any atom is -0.194 e. The normalized spacial score (nSPS) is 15.6. The van der Waals surface area contributed by atoms with Gasteiger partial charge in [-0.05, 0) is 30.5 Å². The first kappa shape index (κ1) is 34.8. The van der Waals surface area contributed by atoms with E-state index >= 15 is 0 Å². The van der Waals surface area contributed by atoms with Gasteiger partial charge in [0, 0.05) is 16.7 Å². The summed E-state index contributed by atoms with van der Waals surface area (Å²) in [6.07, 6.45) is -25.7. The van der Waals surface area contributed by atoms with Crippen molar-refractivity contribution < 1.29 is 92.2 Å². The summed E-state index contributed by atoms with van der Waals surface area (Å²) in [7, 11) is 0. The molecule has 1 aromatic rings. The largest absolute Gasteiger partial charge is 0.460 e. The zero-order chi connectivity index (χ0) is 31.6. The van der Waals surface area contributed by atoms with Gasteiger partial charge in [-0.15, -0.1) is 0 Å². The first-order valence-electron chi connectivity index (χ1n) is 9.23. The molecule has 0 aliphatic heterocycles. The maximum atomic E-state index is 14.4. The molecule has 227 valence electrons. The lowest BCUT2D eigenvalue weighted by Crippen LogP contribution is -2.53. The van der Waals surface area contributed by atoms with Crippen LogP contribution in [0.3, 0.4) is 0 Å². The van der Waals surface area contributed by atoms with Crippen LogP contribution in [0.4, 0.5) is 92.2 Å². The van der Waals surface area contributed by atoms with Crippen LogP contribution in [-0.2, 0) is 24.2 Å². The molecule has 0 spiro atoms. The quantitative estimate of drug-likeness (QED) is 0.254. The second-order valence-corrected chi connectivity index (χ2v) is 7.59. The lowest BCUT2D eigenvalue weighted by atomic mass is 9.83. The summed E-state index contributed by atoms with van der Waals surface area (Å²) in [6.45, 7) is 2.67. The minimum absolute atomic E-state index is 1.32. The van der Waals surface area contributed by atoms with Crippen LogP contribution in [0, 0.1) is 6.92 Å². The van der Waals surface area contributed by atoms with Crippen molar-refractivity contribution in [1.82, 2.24) is 0 Å². The van der Waals surface area contributed by atoms with Crippen LogP contribution in [0.2, 0.25) is 0 Å². The zero-order valence-corrected chi connectivity index (χ0v) is 17.7. The maximum Gasteiger partial charge on any atom is 0.460 e. The Labute approximate surface area is 201 Å². The Morgan fingerprint density at radius 1 is 0.436 bits per heavy atom. The molecule has 39 heavy (non-hydrogen) atoms. The summed E-state index contributed by atoms with van der Waals surface area (Å²) >= 11 is 0. The second-order valence-electron chi connectivity index (χ2n) is 7.59. The molecular formula is C18H8F21. The molecule has 0 heterocycles. The Bertz CT molecular complexity index is 977. The van der Waals surface area contributed by atoms with Crippen LogP contribution in [0.15, 0.2) is 12.1 Å². The summed E-state index contributed by atoms with van der Waals surface area (Å²) in [5.74, 6) is -44.3. The van der Waals surface area contributed by atoms with Crippen molar-refractivity contribution in [3.8, 4) is 0 Å². The molecule has 0 aliphatic rings. The highest BCUT2D eigenvalue weighted by atomic mass is 19.4. The van der Waals surface area contributed by atoms with E-state index in [1.54, 1.807) is 0 Å². The fourth-order valence-corrected chi connectivity index (χ4v) is 2.91. The highest BCUT2D eigenvalue weighted by molar-refractivity contribution is 5.48. The van der Waals surface area contributed by atoms with Crippen LogP contribution < -0.4 is 0 Å². The Hall–Kier alpha value is -2.25. The van der Waals surface area contributed by atoms with Gasteiger partial charge in [-0.3, -0.25) is 0 Å². The topological polar surface area (TPSA) is 0 Å². The van der Waals surface area contributed by atoms with E-state index in [4.69, 9.17) is 0 Å². The summed E-state index contributed by atoms with van der Waals surface area (Å²) in [5.41, 5.74) is -13.7. The molecule has 21 heteroatoms. The molecule has 0 aromatic heterocycles. The third-order valence-electron chi connectivity index (χ3n) is 4.97. The van der Waals surface area contributed by atoms with E-state index in [0.717, 1.165) is 0 Å². The van der Waals surface area contributed by atoms with E-state index in [0.29, 0.717) is 0 Å². The van der Waals surface area contributed by atoms with Gasteiger partial charge < -0.3 is 0 Å². The smallest absolute Gasteiger partial charge is 0.194 e. The molecule has 0 aliphatic carbocycles. The number of alkyl halides is 21. The standard InChI is InChI=1S/C18H8F21/c1-2-3-7-8(11(21,22)14(27,28)17(34,35)36)4-6(10(19,20)13(25,26)16(31,32)33)5-9(7)12(23,24)15(29,30)18(37,38)39/h4-5H,1-3H2. The predicted octanol–water partition coefficient (Wildman–Crippen LogP) is 9.32.